The maximum Gasteiger partial charge on any atom is 0.293 e. The van der Waals surface area contributed by atoms with E-state index in [1.165, 1.54) is 6.07 Å². The normalized spacial score (nSPS) is 20.4. The highest BCUT2D eigenvalue weighted by molar-refractivity contribution is 5.62. The molecule has 1 saturated heterocycles. The lowest BCUT2D eigenvalue weighted by atomic mass is 10.1. The number of nitro benzene ring substituents is 1. The molecule has 0 spiro atoms. The molecule has 1 aliphatic rings. The number of likely N-dealkylation sites (N-methyl/N-ethyl adjacent to an activating group) is 1. The predicted molar refractivity (Wildman–Crippen MR) is 82.9 cm³/mol. The van der Waals surface area contributed by atoms with E-state index in [0.717, 1.165) is 38.3 Å². The largest absolute Gasteiger partial charge is 0.318 e. The summed E-state index contributed by atoms with van der Waals surface area (Å²) in [6.07, 6.45) is 0. The van der Waals surface area contributed by atoms with Crippen molar-refractivity contribution in [1.29, 1.82) is 0 Å². The topological polar surface area (TPSA) is 87.7 Å². The number of nitrogen functional groups attached to an aromatic ring is 1. The Balaban J connectivity index is 2.05. The number of anilines is 1. The van der Waals surface area contributed by atoms with E-state index in [0.29, 0.717) is 11.7 Å². The van der Waals surface area contributed by atoms with Crippen LogP contribution in [0.1, 0.15) is 19.4 Å². The van der Waals surface area contributed by atoms with Gasteiger partial charge in [-0.25, -0.2) is 0 Å². The predicted octanol–water partition coefficient (Wildman–Crippen LogP) is 1.41. The van der Waals surface area contributed by atoms with Crippen LogP contribution in [0.15, 0.2) is 18.2 Å². The van der Waals surface area contributed by atoms with Gasteiger partial charge in [-0.3, -0.25) is 25.8 Å². The molecular formula is C14H23N5O2. The zero-order valence-corrected chi connectivity index (χ0v) is 12.6. The first-order chi connectivity index (χ1) is 10.0. The van der Waals surface area contributed by atoms with Crippen LogP contribution in [0, 0.1) is 10.1 Å². The third-order valence-corrected chi connectivity index (χ3v) is 4.07. The summed E-state index contributed by atoms with van der Waals surface area (Å²) < 4.78 is 0. The van der Waals surface area contributed by atoms with Gasteiger partial charge in [0.25, 0.3) is 5.69 Å². The number of hydrogen-bond donors (Lipinski definition) is 2. The van der Waals surface area contributed by atoms with Crippen molar-refractivity contribution in [2.75, 3.05) is 31.6 Å². The zero-order chi connectivity index (χ0) is 15.4. The van der Waals surface area contributed by atoms with E-state index in [-0.39, 0.29) is 5.69 Å². The Hall–Kier alpha value is -1.70. The Kier molecular flexibility index (Phi) is 5.11. The van der Waals surface area contributed by atoms with Crippen molar-refractivity contribution in [3.05, 3.63) is 33.9 Å². The van der Waals surface area contributed by atoms with Crippen LogP contribution in [0.2, 0.25) is 0 Å². The Morgan fingerprint density at radius 1 is 1.48 bits per heavy atom. The van der Waals surface area contributed by atoms with Gasteiger partial charge in [0.15, 0.2) is 0 Å². The minimum absolute atomic E-state index is 0.00502. The van der Waals surface area contributed by atoms with Crippen molar-refractivity contribution < 1.29 is 4.92 Å². The summed E-state index contributed by atoms with van der Waals surface area (Å²) in [4.78, 5) is 15.3. The van der Waals surface area contributed by atoms with Crippen LogP contribution in [-0.4, -0.2) is 46.9 Å². The number of nitrogens with one attached hydrogen (secondary N) is 1. The number of hydrogen-bond acceptors (Lipinski definition) is 6. The molecule has 116 valence electrons. The molecule has 0 aliphatic carbocycles. The van der Waals surface area contributed by atoms with Gasteiger partial charge in [0, 0.05) is 38.3 Å². The van der Waals surface area contributed by atoms with Crippen LogP contribution in [-0.2, 0) is 6.54 Å². The van der Waals surface area contributed by atoms with Crippen molar-refractivity contribution in [3.8, 4) is 0 Å². The van der Waals surface area contributed by atoms with Gasteiger partial charge in [-0.2, -0.15) is 0 Å². The SMILES string of the molecule is CCN1CCN(Cc2ccc([N+](=O)[O-])c(NN)c2)CC1C. The number of nitrogens with two attached hydrogens (primary N) is 1. The summed E-state index contributed by atoms with van der Waals surface area (Å²) in [6.45, 7) is 9.37. The minimum atomic E-state index is -0.429. The molecule has 1 fully saturated rings. The summed E-state index contributed by atoms with van der Waals surface area (Å²) in [5, 5.41) is 10.9. The Morgan fingerprint density at radius 3 is 2.81 bits per heavy atom. The maximum absolute atomic E-state index is 10.9. The van der Waals surface area contributed by atoms with Crippen molar-refractivity contribution >= 4 is 11.4 Å². The molecular weight excluding hydrogens is 270 g/mol. The molecule has 1 aliphatic heterocycles. The number of rotatable bonds is 5. The molecule has 3 N–H and O–H groups in total. The lowest BCUT2D eigenvalue weighted by Gasteiger charge is -2.39. The summed E-state index contributed by atoms with van der Waals surface area (Å²) in [5.74, 6) is 5.37. The highest BCUT2D eigenvalue weighted by Gasteiger charge is 2.22. The second kappa shape index (κ2) is 6.84. The molecule has 1 heterocycles. The smallest absolute Gasteiger partial charge is 0.293 e. The van der Waals surface area contributed by atoms with Gasteiger partial charge in [-0.15, -0.1) is 0 Å². The Labute approximate surface area is 124 Å². The minimum Gasteiger partial charge on any atom is -0.318 e. The van der Waals surface area contributed by atoms with E-state index in [9.17, 15) is 10.1 Å². The maximum atomic E-state index is 10.9. The molecule has 7 heteroatoms. The van der Waals surface area contributed by atoms with Crippen LogP contribution < -0.4 is 11.3 Å². The third kappa shape index (κ3) is 3.69. The van der Waals surface area contributed by atoms with Crippen molar-refractivity contribution in [2.45, 2.75) is 26.4 Å². The Morgan fingerprint density at radius 2 is 2.24 bits per heavy atom. The second-order valence-corrected chi connectivity index (χ2v) is 5.47. The molecule has 7 nitrogen and oxygen atoms in total. The summed E-state index contributed by atoms with van der Waals surface area (Å²) in [7, 11) is 0. The average Bonchev–Trinajstić information content (AvgIpc) is 2.47. The molecule has 21 heavy (non-hydrogen) atoms. The third-order valence-electron chi connectivity index (χ3n) is 4.07. The van der Waals surface area contributed by atoms with E-state index in [2.05, 4.69) is 29.1 Å². The highest BCUT2D eigenvalue weighted by atomic mass is 16.6. The van der Waals surface area contributed by atoms with Gasteiger partial charge in [0.2, 0.25) is 0 Å². The zero-order valence-electron chi connectivity index (χ0n) is 12.6. The molecule has 0 bridgehead atoms. The first kappa shape index (κ1) is 15.7. The van der Waals surface area contributed by atoms with Gasteiger partial charge >= 0.3 is 0 Å². The molecule has 0 amide bonds. The van der Waals surface area contributed by atoms with Gasteiger partial charge in [-0.05, 0) is 25.1 Å². The summed E-state index contributed by atoms with van der Waals surface area (Å²) in [6, 6.07) is 5.61. The van der Waals surface area contributed by atoms with Crippen LogP contribution in [0.5, 0.6) is 0 Å². The van der Waals surface area contributed by atoms with Gasteiger partial charge in [-0.1, -0.05) is 13.0 Å². The van der Waals surface area contributed by atoms with Crippen LogP contribution in [0.25, 0.3) is 0 Å². The monoisotopic (exact) mass is 293 g/mol. The van der Waals surface area contributed by atoms with E-state index < -0.39 is 4.92 Å². The quantitative estimate of drug-likeness (QED) is 0.485. The van der Waals surface area contributed by atoms with Gasteiger partial charge in [0.05, 0.1) is 4.92 Å². The molecule has 2 rings (SSSR count). The fraction of sp³-hybridized carbons (Fsp3) is 0.571. The lowest BCUT2D eigenvalue weighted by molar-refractivity contribution is -0.384. The van der Waals surface area contributed by atoms with Crippen molar-refractivity contribution in [2.24, 2.45) is 5.84 Å². The first-order valence-electron chi connectivity index (χ1n) is 7.25. The number of piperazine rings is 1. The van der Waals surface area contributed by atoms with E-state index in [4.69, 9.17) is 5.84 Å². The average molecular weight is 293 g/mol. The van der Waals surface area contributed by atoms with Crippen molar-refractivity contribution in [3.63, 3.8) is 0 Å². The van der Waals surface area contributed by atoms with Crippen LogP contribution in [0.3, 0.4) is 0 Å². The van der Waals surface area contributed by atoms with Crippen molar-refractivity contribution in [1.82, 2.24) is 9.80 Å². The number of benzene rings is 1. The van der Waals surface area contributed by atoms with E-state index in [1.807, 2.05) is 0 Å². The molecule has 1 unspecified atom stereocenters. The Bertz CT molecular complexity index is 508. The van der Waals surface area contributed by atoms with E-state index in [1.54, 1.807) is 12.1 Å². The molecule has 0 radical (unpaired) electrons. The summed E-state index contributed by atoms with van der Waals surface area (Å²) in [5.41, 5.74) is 3.81. The lowest BCUT2D eigenvalue weighted by Crippen LogP contribution is -2.51. The summed E-state index contributed by atoms with van der Waals surface area (Å²) >= 11 is 0. The first-order valence-corrected chi connectivity index (χ1v) is 7.25. The standard InChI is InChI=1S/C14H23N5O2/c1-3-18-7-6-17(9-11(18)2)10-12-4-5-14(19(20)21)13(8-12)16-15/h4-5,8,11,16H,3,6-7,9-10,15H2,1-2H3. The molecule has 1 aromatic rings. The number of nitro groups is 1. The van der Waals surface area contributed by atoms with E-state index >= 15 is 0 Å². The fourth-order valence-electron chi connectivity index (χ4n) is 2.90. The highest BCUT2D eigenvalue weighted by Crippen LogP contribution is 2.25. The van der Waals surface area contributed by atoms with Crippen LogP contribution in [0.4, 0.5) is 11.4 Å². The van der Waals surface area contributed by atoms with Gasteiger partial charge < -0.3 is 5.43 Å². The van der Waals surface area contributed by atoms with Gasteiger partial charge in [0.1, 0.15) is 5.69 Å². The second-order valence-electron chi connectivity index (χ2n) is 5.47. The number of nitrogens with zero attached hydrogens (tertiary/aromatic N) is 3. The molecule has 1 aromatic carbocycles. The van der Waals surface area contributed by atoms with Crippen LogP contribution >= 0.6 is 0 Å². The molecule has 1 atom stereocenters. The molecule has 0 aromatic heterocycles. The molecule has 0 saturated carbocycles. The number of hydrazine groups is 1. The fourth-order valence-corrected chi connectivity index (χ4v) is 2.90.